The first kappa shape index (κ1) is 18.8. The fourth-order valence-electron chi connectivity index (χ4n) is 3.04. The molecule has 0 bridgehead atoms. The summed E-state index contributed by atoms with van der Waals surface area (Å²) in [5.74, 6) is -0.204. The van der Waals surface area contributed by atoms with E-state index in [4.69, 9.17) is 11.6 Å². The molecule has 1 fully saturated rings. The smallest absolute Gasteiger partial charge is 0.254 e. The molecular formula is C18H20ClN3O3S. The van der Waals surface area contributed by atoms with Crippen LogP contribution in [0, 0.1) is 0 Å². The van der Waals surface area contributed by atoms with Gasteiger partial charge in [-0.25, -0.2) is 13.1 Å². The third-order valence-corrected chi connectivity index (χ3v) is 6.04. The molecule has 1 unspecified atom stereocenters. The molecule has 1 amide bonds. The van der Waals surface area contributed by atoms with E-state index in [9.17, 15) is 13.2 Å². The monoisotopic (exact) mass is 393 g/mol. The lowest BCUT2D eigenvalue weighted by atomic mass is 10.0. The molecule has 3 rings (SSSR count). The van der Waals surface area contributed by atoms with Crippen molar-refractivity contribution in [2.45, 2.75) is 10.9 Å². The van der Waals surface area contributed by atoms with Gasteiger partial charge in [0, 0.05) is 30.2 Å². The van der Waals surface area contributed by atoms with E-state index in [2.05, 4.69) is 10.0 Å². The fraction of sp³-hybridized carbons (Fsp3) is 0.278. The van der Waals surface area contributed by atoms with Crippen LogP contribution in [-0.2, 0) is 10.0 Å². The van der Waals surface area contributed by atoms with Gasteiger partial charge in [-0.2, -0.15) is 0 Å². The van der Waals surface area contributed by atoms with Crippen molar-refractivity contribution in [3.8, 4) is 0 Å². The van der Waals surface area contributed by atoms with E-state index >= 15 is 0 Å². The van der Waals surface area contributed by atoms with Crippen LogP contribution < -0.4 is 10.0 Å². The molecule has 1 saturated heterocycles. The van der Waals surface area contributed by atoms with Crippen LogP contribution in [0.5, 0.6) is 0 Å². The van der Waals surface area contributed by atoms with Crippen LogP contribution in [0.3, 0.4) is 0 Å². The maximum Gasteiger partial charge on any atom is 0.254 e. The second-order valence-corrected chi connectivity index (χ2v) is 8.33. The number of carbonyl (C=O) groups excluding carboxylic acids is 1. The Labute approximate surface area is 158 Å². The van der Waals surface area contributed by atoms with E-state index in [1.807, 2.05) is 18.2 Å². The number of nitrogens with one attached hydrogen (secondary N) is 2. The number of sulfonamides is 1. The summed E-state index contributed by atoms with van der Waals surface area (Å²) in [5, 5.41) is 3.90. The Bertz CT molecular complexity index is 917. The second kappa shape index (κ2) is 7.75. The van der Waals surface area contributed by atoms with Gasteiger partial charge >= 0.3 is 0 Å². The number of nitrogens with zero attached hydrogens (tertiary/aromatic N) is 1. The third kappa shape index (κ3) is 3.91. The van der Waals surface area contributed by atoms with E-state index in [1.165, 1.54) is 19.2 Å². The molecular weight excluding hydrogens is 374 g/mol. The number of halogens is 1. The Morgan fingerprint density at radius 1 is 1.23 bits per heavy atom. The molecule has 0 aromatic heterocycles. The summed E-state index contributed by atoms with van der Waals surface area (Å²) in [4.78, 5) is 14.9. The second-order valence-electron chi connectivity index (χ2n) is 6.01. The van der Waals surface area contributed by atoms with E-state index < -0.39 is 10.0 Å². The Hall–Kier alpha value is -1.93. The van der Waals surface area contributed by atoms with Crippen LogP contribution >= 0.6 is 11.6 Å². The Balaban J connectivity index is 1.93. The molecule has 1 aliphatic rings. The van der Waals surface area contributed by atoms with Gasteiger partial charge in [0.25, 0.3) is 5.91 Å². The standard InChI is InChI=1S/C18H20ClN3O3S/c1-20-26(24,25)16-7-3-5-14(11-16)18(23)22-9-8-21-12-17(22)13-4-2-6-15(19)10-13/h2-7,10-11,17,20-21H,8-9,12H2,1H3. The van der Waals surface area contributed by atoms with Gasteiger partial charge in [0.15, 0.2) is 0 Å². The number of rotatable bonds is 4. The zero-order chi connectivity index (χ0) is 18.7. The molecule has 0 saturated carbocycles. The molecule has 1 atom stereocenters. The molecule has 8 heteroatoms. The normalized spacial score (nSPS) is 17.9. The van der Waals surface area contributed by atoms with Crippen molar-refractivity contribution in [3.05, 3.63) is 64.7 Å². The molecule has 6 nitrogen and oxygen atoms in total. The van der Waals surface area contributed by atoms with Gasteiger partial charge < -0.3 is 10.2 Å². The summed E-state index contributed by atoms with van der Waals surface area (Å²) in [6.45, 7) is 1.82. The van der Waals surface area contributed by atoms with Crippen LogP contribution in [0.15, 0.2) is 53.4 Å². The SMILES string of the molecule is CNS(=O)(=O)c1cccc(C(=O)N2CCNCC2c2cccc(Cl)c2)c1. The highest BCUT2D eigenvalue weighted by Crippen LogP contribution is 2.26. The molecule has 0 radical (unpaired) electrons. The minimum absolute atomic E-state index is 0.0697. The molecule has 1 heterocycles. The Kier molecular flexibility index (Phi) is 5.62. The van der Waals surface area contributed by atoms with Crippen LogP contribution in [0.4, 0.5) is 0 Å². The zero-order valence-corrected chi connectivity index (χ0v) is 15.8. The summed E-state index contributed by atoms with van der Waals surface area (Å²) in [6.07, 6.45) is 0. The number of hydrogen-bond donors (Lipinski definition) is 2. The molecule has 1 aliphatic heterocycles. The van der Waals surface area contributed by atoms with Crippen molar-refractivity contribution in [3.63, 3.8) is 0 Å². The predicted octanol–water partition coefficient (Wildman–Crippen LogP) is 2.03. The zero-order valence-electron chi connectivity index (χ0n) is 14.3. The maximum absolute atomic E-state index is 13.1. The van der Waals surface area contributed by atoms with Gasteiger partial charge in [0.1, 0.15) is 0 Å². The number of amides is 1. The molecule has 2 N–H and O–H groups in total. The van der Waals surface area contributed by atoms with Crippen LogP contribution in [0.2, 0.25) is 5.02 Å². The molecule has 2 aromatic rings. The van der Waals surface area contributed by atoms with Crippen LogP contribution in [-0.4, -0.2) is 45.9 Å². The molecule has 26 heavy (non-hydrogen) atoms. The van der Waals surface area contributed by atoms with Crippen molar-refractivity contribution in [1.29, 1.82) is 0 Å². The highest BCUT2D eigenvalue weighted by Gasteiger charge is 2.29. The number of benzene rings is 2. The minimum atomic E-state index is -3.61. The predicted molar refractivity (Wildman–Crippen MR) is 101 cm³/mol. The summed E-state index contributed by atoms with van der Waals surface area (Å²) >= 11 is 6.10. The van der Waals surface area contributed by atoms with Gasteiger partial charge in [0.2, 0.25) is 10.0 Å². The van der Waals surface area contributed by atoms with Gasteiger partial charge in [-0.3, -0.25) is 4.79 Å². The van der Waals surface area contributed by atoms with E-state index in [-0.39, 0.29) is 16.8 Å². The largest absolute Gasteiger partial charge is 0.329 e. The number of piperazine rings is 1. The Morgan fingerprint density at radius 2 is 2.00 bits per heavy atom. The first-order valence-corrected chi connectivity index (χ1v) is 10.1. The molecule has 2 aromatic carbocycles. The molecule has 0 spiro atoms. The highest BCUT2D eigenvalue weighted by molar-refractivity contribution is 7.89. The van der Waals surface area contributed by atoms with Crippen LogP contribution in [0.25, 0.3) is 0 Å². The molecule has 0 aliphatic carbocycles. The van der Waals surface area contributed by atoms with Crippen molar-refractivity contribution >= 4 is 27.5 Å². The summed E-state index contributed by atoms with van der Waals surface area (Å²) in [6, 6.07) is 13.4. The third-order valence-electron chi connectivity index (χ3n) is 4.40. The average Bonchev–Trinajstić information content (AvgIpc) is 2.67. The quantitative estimate of drug-likeness (QED) is 0.833. The van der Waals surface area contributed by atoms with Crippen molar-refractivity contribution in [2.24, 2.45) is 0 Å². The molecule has 138 valence electrons. The van der Waals surface area contributed by atoms with Crippen molar-refractivity contribution in [2.75, 3.05) is 26.7 Å². The van der Waals surface area contributed by atoms with E-state index in [0.29, 0.717) is 30.2 Å². The lowest BCUT2D eigenvalue weighted by Crippen LogP contribution is -2.48. The van der Waals surface area contributed by atoms with Gasteiger partial charge in [-0.05, 0) is 42.9 Å². The number of hydrogen-bond acceptors (Lipinski definition) is 4. The van der Waals surface area contributed by atoms with E-state index in [0.717, 1.165) is 5.56 Å². The maximum atomic E-state index is 13.1. The highest BCUT2D eigenvalue weighted by atomic mass is 35.5. The Morgan fingerprint density at radius 3 is 2.73 bits per heavy atom. The lowest BCUT2D eigenvalue weighted by molar-refractivity contribution is 0.0634. The summed E-state index contributed by atoms with van der Waals surface area (Å²) in [5.41, 5.74) is 1.28. The van der Waals surface area contributed by atoms with Gasteiger partial charge in [0.05, 0.1) is 10.9 Å². The minimum Gasteiger partial charge on any atom is -0.329 e. The van der Waals surface area contributed by atoms with Gasteiger partial charge in [-0.15, -0.1) is 0 Å². The number of carbonyl (C=O) groups is 1. The van der Waals surface area contributed by atoms with Crippen LogP contribution in [0.1, 0.15) is 22.0 Å². The summed E-state index contributed by atoms with van der Waals surface area (Å²) in [7, 11) is -2.26. The first-order chi connectivity index (χ1) is 12.4. The fourth-order valence-corrected chi connectivity index (χ4v) is 4.01. The summed E-state index contributed by atoms with van der Waals surface area (Å²) < 4.78 is 26.3. The van der Waals surface area contributed by atoms with E-state index in [1.54, 1.807) is 23.1 Å². The van der Waals surface area contributed by atoms with Gasteiger partial charge in [-0.1, -0.05) is 29.8 Å². The topological polar surface area (TPSA) is 78.5 Å². The first-order valence-electron chi connectivity index (χ1n) is 8.23. The average molecular weight is 394 g/mol. The van der Waals surface area contributed by atoms with Crippen molar-refractivity contribution < 1.29 is 13.2 Å². The van der Waals surface area contributed by atoms with Crippen molar-refractivity contribution in [1.82, 2.24) is 14.9 Å². The lowest BCUT2D eigenvalue weighted by Gasteiger charge is -2.36.